The predicted molar refractivity (Wildman–Crippen MR) is 93.8 cm³/mol. The quantitative estimate of drug-likeness (QED) is 0.818. The standard InChI is InChI=1S/C17H16ClNO3S/c18-14-4-2-1-3-13(14)12-8-5-11(6-9-12)7-10-15(16(20)21)23-17(19)22/h1-6,8-9,15H,7,10H2,(H2,19,22)(H,20,21). The van der Waals surface area contributed by atoms with Crippen LogP contribution in [0.3, 0.4) is 0 Å². The molecule has 2 aromatic rings. The minimum absolute atomic E-state index is 0.342. The predicted octanol–water partition coefficient (Wildman–Crippen LogP) is 4.20. The van der Waals surface area contributed by atoms with Crippen LogP contribution in [0.2, 0.25) is 5.02 Å². The number of hydrogen-bond donors (Lipinski definition) is 2. The molecule has 0 radical (unpaired) electrons. The van der Waals surface area contributed by atoms with Gasteiger partial charge in [-0.2, -0.15) is 0 Å². The van der Waals surface area contributed by atoms with Crippen molar-refractivity contribution in [3.8, 4) is 11.1 Å². The maximum Gasteiger partial charge on any atom is 0.317 e. The summed E-state index contributed by atoms with van der Waals surface area (Å²) >= 11 is 6.82. The molecular weight excluding hydrogens is 334 g/mol. The van der Waals surface area contributed by atoms with Crippen LogP contribution >= 0.6 is 23.4 Å². The molecule has 2 rings (SSSR count). The third-order valence-corrected chi connectivity index (χ3v) is 4.65. The molecule has 0 aliphatic rings. The Bertz CT molecular complexity index is 703. The van der Waals surface area contributed by atoms with Gasteiger partial charge in [-0.25, -0.2) is 0 Å². The zero-order chi connectivity index (χ0) is 16.8. The molecule has 6 heteroatoms. The van der Waals surface area contributed by atoms with Crippen molar-refractivity contribution in [2.75, 3.05) is 0 Å². The van der Waals surface area contributed by atoms with Gasteiger partial charge in [0.25, 0.3) is 5.24 Å². The number of aliphatic carboxylic acids is 1. The van der Waals surface area contributed by atoms with Gasteiger partial charge in [0.1, 0.15) is 5.25 Å². The van der Waals surface area contributed by atoms with Crippen molar-refractivity contribution in [3.63, 3.8) is 0 Å². The Hall–Kier alpha value is -1.98. The van der Waals surface area contributed by atoms with Crippen LogP contribution in [0.25, 0.3) is 11.1 Å². The lowest BCUT2D eigenvalue weighted by molar-refractivity contribution is -0.136. The van der Waals surface area contributed by atoms with Crippen LogP contribution in [0.15, 0.2) is 48.5 Å². The van der Waals surface area contributed by atoms with Crippen molar-refractivity contribution < 1.29 is 14.7 Å². The molecule has 0 saturated carbocycles. The van der Waals surface area contributed by atoms with E-state index in [2.05, 4.69) is 0 Å². The van der Waals surface area contributed by atoms with E-state index >= 15 is 0 Å². The lowest BCUT2D eigenvalue weighted by Crippen LogP contribution is -2.21. The van der Waals surface area contributed by atoms with Gasteiger partial charge in [0.15, 0.2) is 0 Å². The molecule has 3 N–H and O–H groups in total. The van der Waals surface area contributed by atoms with Crippen LogP contribution in [-0.4, -0.2) is 21.6 Å². The highest BCUT2D eigenvalue weighted by molar-refractivity contribution is 8.14. The maximum absolute atomic E-state index is 11.1. The van der Waals surface area contributed by atoms with Crippen molar-refractivity contribution in [1.29, 1.82) is 0 Å². The topological polar surface area (TPSA) is 80.4 Å². The second-order valence-corrected chi connectivity index (χ2v) is 6.59. The monoisotopic (exact) mass is 349 g/mol. The highest BCUT2D eigenvalue weighted by atomic mass is 35.5. The Balaban J connectivity index is 2.04. The van der Waals surface area contributed by atoms with E-state index in [1.807, 2.05) is 48.5 Å². The third kappa shape index (κ3) is 5.01. The van der Waals surface area contributed by atoms with Crippen LogP contribution in [0.1, 0.15) is 12.0 Å². The van der Waals surface area contributed by atoms with Gasteiger partial charge < -0.3 is 10.8 Å². The summed E-state index contributed by atoms with van der Waals surface area (Å²) in [4.78, 5) is 22.0. The molecule has 23 heavy (non-hydrogen) atoms. The fraction of sp³-hybridized carbons (Fsp3) is 0.176. The van der Waals surface area contributed by atoms with Gasteiger partial charge in [-0.3, -0.25) is 9.59 Å². The number of aryl methyl sites for hydroxylation is 1. The van der Waals surface area contributed by atoms with Crippen molar-refractivity contribution in [2.24, 2.45) is 5.73 Å². The van der Waals surface area contributed by atoms with Crippen LogP contribution in [0, 0.1) is 0 Å². The second-order valence-electron chi connectivity index (χ2n) is 4.98. The molecule has 4 nitrogen and oxygen atoms in total. The largest absolute Gasteiger partial charge is 0.480 e. The van der Waals surface area contributed by atoms with Gasteiger partial charge in [0, 0.05) is 10.6 Å². The van der Waals surface area contributed by atoms with Crippen molar-refractivity contribution in [2.45, 2.75) is 18.1 Å². The molecule has 0 heterocycles. The average Bonchev–Trinajstić information content (AvgIpc) is 2.52. The number of rotatable bonds is 6. The molecule has 0 aliphatic carbocycles. The molecule has 0 fully saturated rings. The van der Waals surface area contributed by atoms with E-state index < -0.39 is 16.5 Å². The van der Waals surface area contributed by atoms with Crippen LogP contribution in [0.5, 0.6) is 0 Å². The van der Waals surface area contributed by atoms with Crippen molar-refractivity contribution in [3.05, 3.63) is 59.1 Å². The van der Waals surface area contributed by atoms with Crippen molar-refractivity contribution in [1.82, 2.24) is 0 Å². The molecule has 120 valence electrons. The summed E-state index contributed by atoms with van der Waals surface area (Å²) in [6.07, 6.45) is 0.897. The van der Waals surface area contributed by atoms with E-state index in [4.69, 9.17) is 22.4 Å². The Labute approximate surface area is 143 Å². The molecule has 1 unspecified atom stereocenters. The van der Waals surface area contributed by atoms with Gasteiger partial charge >= 0.3 is 5.97 Å². The van der Waals surface area contributed by atoms with E-state index in [-0.39, 0.29) is 0 Å². The van der Waals surface area contributed by atoms with E-state index in [0.717, 1.165) is 16.7 Å². The van der Waals surface area contributed by atoms with Gasteiger partial charge in [0.05, 0.1) is 0 Å². The number of carboxylic acids is 1. The first-order valence-corrected chi connectivity index (χ1v) is 8.26. The molecule has 0 spiro atoms. The molecule has 0 aliphatic heterocycles. The number of amides is 1. The van der Waals surface area contributed by atoms with Crippen molar-refractivity contribution >= 4 is 34.6 Å². The van der Waals surface area contributed by atoms with Gasteiger partial charge in [-0.1, -0.05) is 54.1 Å². The van der Waals surface area contributed by atoms with E-state index in [1.54, 1.807) is 0 Å². The van der Waals surface area contributed by atoms with Crippen LogP contribution in [-0.2, 0) is 11.2 Å². The number of nitrogens with two attached hydrogens (primary N) is 1. The SMILES string of the molecule is NC(=O)SC(CCc1ccc(-c2ccccc2Cl)cc1)C(=O)O. The molecule has 1 atom stereocenters. The first-order chi connectivity index (χ1) is 11.0. The summed E-state index contributed by atoms with van der Waals surface area (Å²) in [5, 5.41) is 8.27. The van der Waals surface area contributed by atoms with Crippen LogP contribution in [0.4, 0.5) is 4.79 Å². The average molecular weight is 350 g/mol. The van der Waals surface area contributed by atoms with Gasteiger partial charge in [0.2, 0.25) is 0 Å². The molecule has 1 amide bonds. The molecule has 0 saturated heterocycles. The summed E-state index contributed by atoms with van der Waals surface area (Å²) in [5.41, 5.74) is 8.00. The minimum Gasteiger partial charge on any atom is -0.480 e. The van der Waals surface area contributed by atoms with Gasteiger partial charge in [-0.15, -0.1) is 0 Å². The number of halogens is 1. The normalized spacial score (nSPS) is 11.9. The van der Waals surface area contributed by atoms with E-state index in [1.165, 1.54) is 0 Å². The Morgan fingerprint density at radius 2 is 1.78 bits per heavy atom. The van der Waals surface area contributed by atoms with Gasteiger partial charge in [-0.05, 0) is 41.8 Å². The number of primary amides is 1. The number of thioether (sulfide) groups is 1. The Morgan fingerprint density at radius 3 is 2.35 bits per heavy atom. The molecule has 0 aromatic heterocycles. The number of carbonyl (C=O) groups is 2. The number of benzene rings is 2. The Kier molecular flexibility index (Phi) is 6.07. The zero-order valence-electron chi connectivity index (χ0n) is 12.2. The second kappa shape index (κ2) is 8.04. The third-order valence-electron chi connectivity index (χ3n) is 3.37. The summed E-state index contributed by atoms with van der Waals surface area (Å²) in [6.45, 7) is 0. The first-order valence-electron chi connectivity index (χ1n) is 7.00. The number of hydrogen-bond acceptors (Lipinski definition) is 3. The number of carboxylic acid groups (broad SMARTS) is 1. The van der Waals surface area contributed by atoms with E-state index in [0.29, 0.717) is 29.6 Å². The summed E-state index contributed by atoms with van der Waals surface area (Å²) in [5.74, 6) is -1.03. The molecular formula is C17H16ClNO3S. The smallest absolute Gasteiger partial charge is 0.317 e. The minimum atomic E-state index is -1.03. The zero-order valence-corrected chi connectivity index (χ0v) is 13.8. The first kappa shape index (κ1) is 17.4. The highest BCUT2D eigenvalue weighted by Gasteiger charge is 2.20. The van der Waals surface area contributed by atoms with Crippen LogP contribution < -0.4 is 5.73 Å². The number of carbonyl (C=O) groups excluding carboxylic acids is 1. The summed E-state index contributed by atoms with van der Waals surface area (Å²) < 4.78 is 0. The fourth-order valence-corrected chi connectivity index (χ4v) is 3.08. The Morgan fingerprint density at radius 1 is 1.13 bits per heavy atom. The lowest BCUT2D eigenvalue weighted by atomic mass is 10.0. The summed E-state index contributed by atoms with van der Waals surface area (Å²) in [6, 6.07) is 15.4. The maximum atomic E-state index is 11.1. The summed E-state index contributed by atoms with van der Waals surface area (Å²) in [7, 11) is 0. The molecule has 2 aromatic carbocycles. The lowest BCUT2D eigenvalue weighted by Gasteiger charge is -2.10. The fourth-order valence-electron chi connectivity index (χ4n) is 2.22. The molecule has 0 bridgehead atoms. The van der Waals surface area contributed by atoms with E-state index in [9.17, 15) is 9.59 Å². The highest BCUT2D eigenvalue weighted by Crippen LogP contribution is 2.28.